The van der Waals surface area contributed by atoms with Crippen molar-refractivity contribution in [1.29, 1.82) is 0 Å². The van der Waals surface area contributed by atoms with Crippen LogP contribution in [0.25, 0.3) is 11.1 Å². The molecule has 24 heavy (non-hydrogen) atoms. The lowest BCUT2D eigenvalue weighted by Gasteiger charge is -2.12. The van der Waals surface area contributed by atoms with Crippen LogP contribution in [0.2, 0.25) is 5.02 Å². The third kappa shape index (κ3) is 5.54. The molecule has 3 heteroatoms. The number of nitrogens with two attached hydrogens (primary N) is 1. The molecule has 2 N–H and O–H groups in total. The number of rotatable bonds is 10. The fourth-order valence-corrected chi connectivity index (χ4v) is 3.20. The normalized spacial score (nSPS) is 10.8. The first-order valence-corrected chi connectivity index (χ1v) is 9.34. The van der Waals surface area contributed by atoms with E-state index in [0.717, 1.165) is 54.3 Å². The first-order valence-electron chi connectivity index (χ1n) is 8.97. The van der Waals surface area contributed by atoms with Gasteiger partial charge >= 0.3 is 0 Å². The van der Waals surface area contributed by atoms with Crippen LogP contribution in [0.15, 0.2) is 42.5 Å². The van der Waals surface area contributed by atoms with Gasteiger partial charge in [0, 0.05) is 10.6 Å². The Morgan fingerprint density at radius 3 is 2.50 bits per heavy atom. The Kier molecular flexibility index (Phi) is 8.14. The molecule has 0 radical (unpaired) electrons. The summed E-state index contributed by atoms with van der Waals surface area (Å²) in [5.41, 5.74) is 9.01. The van der Waals surface area contributed by atoms with E-state index in [0.29, 0.717) is 0 Å². The number of halogens is 1. The lowest BCUT2D eigenvalue weighted by molar-refractivity contribution is 0.304. The van der Waals surface area contributed by atoms with Crippen LogP contribution in [0.3, 0.4) is 0 Å². The zero-order valence-electron chi connectivity index (χ0n) is 14.6. The maximum absolute atomic E-state index is 6.43. The molecule has 0 aliphatic carbocycles. The number of aryl methyl sites for hydroxylation is 1. The average molecular weight is 346 g/mol. The van der Waals surface area contributed by atoms with Crippen molar-refractivity contribution in [2.75, 3.05) is 13.2 Å². The van der Waals surface area contributed by atoms with Crippen molar-refractivity contribution < 1.29 is 4.74 Å². The summed E-state index contributed by atoms with van der Waals surface area (Å²) < 4.78 is 5.92. The van der Waals surface area contributed by atoms with E-state index in [4.69, 9.17) is 22.1 Å². The van der Waals surface area contributed by atoms with Gasteiger partial charge in [-0.25, -0.2) is 0 Å². The summed E-state index contributed by atoms with van der Waals surface area (Å²) in [5, 5.41) is 0.798. The molecule has 0 amide bonds. The standard InChI is InChI=1S/C21H28ClNO/c1-2-17-10-9-13-20(22)21(17)18-11-8-12-19(16-18)24-15-7-5-3-4-6-14-23/h8-13,16H,2-7,14-15,23H2,1H3. The van der Waals surface area contributed by atoms with Gasteiger partial charge in [-0.05, 0) is 55.1 Å². The van der Waals surface area contributed by atoms with Crippen LogP contribution in [-0.2, 0) is 6.42 Å². The Balaban J connectivity index is 1.95. The second kappa shape index (κ2) is 10.4. The van der Waals surface area contributed by atoms with Gasteiger partial charge in [0.2, 0.25) is 0 Å². The van der Waals surface area contributed by atoms with Crippen molar-refractivity contribution in [2.45, 2.75) is 45.4 Å². The van der Waals surface area contributed by atoms with E-state index in [9.17, 15) is 0 Å². The Morgan fingerprint density at radius 1 is 0.958 bits per heavy atom. The minimum atomic E-state index is 0.759. The molecule has 0 aliphatic rings. The van der Waals surface area contributed by atoms with Crippen LogP contribution in [0.1, 0.15) is 44.6 Å². The quantitative estimate of drug-likeness (QED) is 0.547. The van der Waals surface area contributed by atoms with Crippen molar-refractivity contribution in [3.05, 3.63) is 53.1 Å². The maximum Gasteiger partial charge on any atom is 0.119 e. The van der Waals surface area contributed by atoms with Gasteiger partial charge in [0.15, 0.2) is 0 Å². The first kappa shape index (κ1) is 18.8. The second-order valence-corrected chi connectivity index (χ2v) is 6.47. The van der Waals surface area contributed by atoms with E-state index in [1.807, 2.05) is 24.3 Å². The third-order valence-corrected chi connectivity index (χ3v) is 4.54. The van der Waals surface area contributed by atoms with Crippen molar-refractivity contribution >= 4 is 11.6 Å². The topological polar surface area (TPSA) is 35.2 Å². The molecule has 0 unspecified atom stereocenters. The number of ether oxygens (including phenoxy) is 1. The average Bonchev–Trinajstić information content (AvgIpc) is 2.61. The molecule has 0 fully saturated rings. The molecule has 0 heterocycles. The number of unbranched alkanes of at least 4 members (excludes halogenated alkanes) is 4. The fourth-order valence-electron chi connectivity index (χ4n) is 2.89. The smallest absolute Gasteiger partial charge is 0.119 e. The molecule has 2 rings (SSSR count). The number of hydrogen-bond acceptors (Lipinski definition) is 2. The fraction of sp³-hybridized carbons (Fsp3) is 0.429. The highest BCUT2D eigenvalue weighted by atomic mass is 35.5. The highest BCUT2D eigenvalue weighted by molar-refractivity contribution is 6.33. The highest BCUT2D eigenvalue weighted by Gasteiger charge is 2.09. The van der Waals surface area contributed by atoms with Gasteiger partial charge in [-0.2, -0.15) is 0 Å². The number of hydrogen-bond donors (Lipinski definition) is 1. The summed E-state index contributed by atoms with van der Waals surface area (Å²) in [5.74, 6) is 0.913. The first-order chi connectivity index (χ1) is 11.8. The molecule has 0 bridgehead atoms. The Morgan fingerprint density at radius 2 is 1.71 bits per heavy atom. The summed E-state index contributed by atoms with van der Waals surface area (Å²) in [7, 11) is 0. The van der Waals surface area contributed by atoms with Gasteiger partial charge in [0.05, 0.1) is 6.61 Å². The predicted octanol–water partition coefficient (Wildman–Crippen LogP) is 5.86. The van der Waals surface area contributed by atoms with Crippen LogP contribution in [-0.4, -0.2) is 13.2 Å². The van der Waals surface area contributed by atoms with Gasteiger partial charge in [-0.3, -0.25) is 0 Å². The van der Waals surface area contributed by atoms with E-state index in [-0.39, 0.29) is 0 Å². The second-order valence-electron chi connectivity index (χ2n) is 6.06. The van der Waals surface area contributed by atoms with E-state index in [1.165, 1.54) is 24.8 Å². The van der Waals surface area contributed by atoms with E-state index in [1.54, 1.807) is 0 Å². The summed E-state index contributed by atoms with van der Waals surface area (Å²) in [6, 6.07) is 14.3. The SMILES string of the molecule is CCc1cccc(Cl)c1-c1cccc(OCCCCCCCN)c1. The van der Waals surface area contributed by atoms with Gasteiger partial charge in [-0.1, -0.05) is 62.1 Å². The van der Waals surface area contributed by atoms with Crippen molar-refractivity contribution in [1.82, 2.24) is 0 Å². The highest BCUT2D eigenvalue weighted by Crippen LogP contribution is 2.33. The molecular formula is C21H28ClNO. The summed E-state index contributed by atoms with van der Waals surface area (Å²) >= 11 is 6.43. The molecule has 2 nitrogen and oxygen atoms in total. The molecule has 0 spiro atoms. The van der Waals surface area contributed by atoms with Crippen LogP contribution >= 0.6 is 11.6 Å². The van der Waals surface area contributed by atoms with Gasteiger partial charge < -0.3 is 10.5 Å². The van der Waals surface area contributed by atoms with Crippen molar-refractivity contribution in [3.8, 4) is 16.9 Å². The van der Waals surface area contributed by atoms with E-state index < -0.39 is 0 Å². The molecule has 0 aromatic heterocycles. The molecule has 2 aromatic rings. The molecule has 0 aliphatic heterocycles. The molecular weight excluding hydrogens is 318 g/mol. The largest absolute Gasteiger partial charge is 0.494 e. The summed E-state index contributed by atoms with van der Waals surface area (Å²) in [6.45, 7) is 3.71. The molecule has 130 valence electrons. The van der Waals surface area contributed by atoms with Crippen molar-refractivity contribution in [3.63, 3.8) is 0 Å². The molecule has 2 aromatic carbocycles. The van der Waals surface area contributed by atoms with Gasteiger partial charge in [0.25, 0.3) is 0 Å². The Labute approximate surface area is 151 Å². The third-order valence-electron chi connectivity index (χ3n) is 4.22. The molecule has 0 saturated heterocycles. The van der Waals surface area contributed by atoms with Crippen molar-refractivity contribution in [2.24, 2.45) is 5.73 Å². The summed E-state index contributed by atoms with van der Waals surface area (Å²) in [4.78, 5) is 0. The minimum Gasteiger partial charge on any atom is -0.494 e. The summed E-state index contributed by atoms with van der Waals surface area (Å²) in [6.07, 6.45) is 6.83. The van der Waals surface area contributed by atoms with Crippen LogP contribution in [0.4, 0.5) is 0 Å². The zero-order valence-corrected chi connectivity index (χ0v) is 15.3. The van der Waals surface area contributed by atoms with Crippen LogP contribution in [0.5, 0.6) is 5.75 Å². The van der Waals surface area contributed by atoms with E-state index >= 15 is 0 Å². The minimum absolute atomic E-state index is 0.759. The monoisotopic (exact) mass is 345 g/mol. The van der Waals surface area contributed by atoms with Crippen LogP contribution < -0.4 is 10.5 Å². The van der Waals surface area contributed by atoms with Crippen LogP contribution in [0, 0.1) is 0 Å². The maximum atomic E-state index is 6.43. The predicted molar refractivity (Wildman–Crippen MR) is 104 cm³/mol. The Bertz CT molecular complexity index is 627. The van der Waals surface area contributed by atoms with Gasteiger partial charge in [0.1, 0.15) is 5.75 Å². The molecule has 0 saturated carbocycles. The lowest BCUT2D eigenvalue weighted by Crippen LogP contribution is -1.99. The Hall–Kier alpha value is -1.51. The number of benzene rings is 2. The van der Waals surface area contributed by atoms with Gasteiger partial charge in [-0.15, -0.1) is 0 Å². The molecule has 0 atom stereocenters. The van der Waals surface area contributed by atoms with E-state index in [2.05, 4.69) is 25.1 Å². The lowest BCUT2D eigenvalue weighted by atomic mass is 9.98. The zero-order chi connectivity index (χ0) is 17.2.